The number of fused-ring (bicyclic) bond motifs is 1. The second-order valence-corrected chi connectivity index (χ2v) is 10.3. The van der Waals surface area contributed by atoms with Crippen molar-refractivity contribution in [1.82, 2.24) is 4.90 Å². The van der Waals surface area contributed by atoms with Crippen molar-refractivity contribution >= 4 is 11.8 Å². The Balaban J connectivity index is 1.36. The van der Waals surface area contributed by atoms with Crippen LogP contribution >= 0.6 is 11.8 Å². The van der Waals surface area contributed by atoms with Crippen LogP contribution in [-0.2, 0) is 0 Å². The fraction of sp³-hybridized carbons (Fsp3) is 0.833. The number of hydrogen-bond acceptors (Lipinski definition) is 4. The summed E-state index contributed by atoms with van der Waals surface area (Å²) in [6.07, 6.45) is 16.3. The molecule has 0 aromatic heterocycles. The molecule has 3 aliphatic rings. The van der Waals surface area contributed by atoms with Crippen LogP contribution in [0.4, 0.5) is 0 Å². The Morgan fingerprint density at radius 1 is 1.25 bits per heavy atom. The van der Waals surface area contributed by atoms with E-state index >= 15 is 0 Å². The topological polar surface area (TPSA) is 43.7 Å². The second kappa shape index (κ2) is 11.8. The first-order chi connectivity index (χ1) is 13.7. The van der Waals surface area contributed by atoms with Crippen molar-refractivity contribution in [2.45, 2.75) is 76.9 Å². The molecule has 1 aliphatic heterocycles. The Kier molecular flexibility index (Phi) is 9.42. The zero-order valence-electron chi connectivity index (χ0n) is 17.8. The fourth-order valence-corrected chi connectivity index (χ4v) is 6.25. The minimum atomic E-state index is -0.348. The van der Waals surface area contributed by atoms with E-state index in [9.17, 15) is 10.2 Å². The number of aliphatic hydroxyl groups excluding tert-OH is 2. The standard InChI is InChI=1S/C24H41NO2S/c1-2-3-4-7-21(26)8-9-22-23-17-19(16-20(23)18-24(22)27)10-14-28-15-13-25-11-5-6-12-25/h8-9,16,20-24,26-27H,2-7,10-15,17-18H2,1H3/t20-,21-,22+,23-,24+/m0/s1. The monoisotopic (exact) mass is 407 g/mol. The molecule has 0 unspecified atom stereocenters. The van der Waals surface area contributed by atoms with E-state index in [0.29, 0.717) is 11.8 Å². The molecule has 2 fully saturated rings. The van der Waals surface area contributed by atoms with Gasteiger partial charge in [0.15, 0.2) is 0 Å². The van der Waals surface area contributed by atoms with Gasteiger partial charge in [-0.2, -0.15) is 11.8 Å². The molecular formula is C24H41NO2S. The van der Waals surface area contributed by atoms with Crippen LogP contribution in [0.3, 0.4) is 0 Å². The van der Waals surface area contributed by atoms with E-state index in [2.05, 4.69) is 35.7 Å². The number of allylic oxidation sites excluding steroid dienone is 2. The Morgan fingerprint density at radius 2 is 2.07 bits per heavy atom. The molecule has 2 N–H and O–H groups in total. The van der Waals surface area contributed by atoms with Gasteiger partial charge in [-0.3, -0.25) is 0 Å². The van der Waals surface area contributed by atoms with E-state index in [1.165, 1.54) is 63.2 Å². The third-order valence-corrected chi connectivity index (χ3v) is 7.89. The molecular weight excluding hydrogens is 366 g/mol. The zero-order chi connectivity index (χ0) is 19.8. The van der Waals surface area contributed by atoms with Gasteiger partial charge < -0.3 is 15.1 Å². The van der Waals surface area contributed by atoms with E-state index in [1.54, 1.807) is 5.57 Å². The van der Waals surface area contributed by atoms with Gasteiger partial charge in [-0.25, -0.2) is 0 Å². The van der Waals surface area contributed by atoms with Crippen molar-refractivity contribution in [2.75, 3.05) is 31.1 Å². The minimum absolute atomic E-state index is 0.224. The maximum atomic E-state index is 10.5. The fourth-order valence-electron chi connectivity index (χ4n) is 5.25. The van der Waals surface area contributed by atoms with Crippen molar-refractivity contribution in [3.63, 3.8) is 0 Å². The molecule has 5 atom stereocenters. The molecule has 3 rings (SSSR count). The van der Waals surface area contributed by atoms with Crippen molar-refractivity contribution in [1.29, 1.82) is 0 Å². The summed E-state index contributed by atoms with van der Waals surface area (Å²) in [7, 11) is 0. The SMILES string of the molecule is CCCCC[C@H](O)C=C[C@@H]1[C@H]2CC(CCSCCN3CCCC3)=C[C@H]2C[C@H]1O. The summed E-state index contributed by atoms with van der Waals surface area (Å²) < 4.78 is 0. The number of aliphatic hydroxyl groups is 2. The van der Waals surface area contributed by atoms with E-state index in [1.807, 2.05) is 6.08 Å². The van der Waals surface area contributed by atoms with E-state index in [-0.39, 0.29) is 18.1 Å². The molecule has 1 heterocycles. The molecule has 1 saturated carbocycles. The van der Waals surface area contributed by atoms with Gasteiger partial charge >= 0.3 is 0 Å². The summed E-state index contributed by atoms with van der Waals surface area (Å²) in [6, 6.07) is 0. The van der Waals surface area contributed by atoms with Gasteiger partial charge in [-0.05, 0) is 69.2 Å². The number of nitrogens with zero attached hydrogens (tertiary/aromatic N) is 1. The molecule has 0 aromatic carbocycles. The highest BCUT2D eigenvalue weighted by Gasteiger charge is 2.43. The molecule has 160 valence electrons. The third kappa shape index (κ3) is 6.62. The van der Waals surface area contributed by atoms with Crippen molar-refractivity contribution < 1.29 is 10.2 Å². The van der Waals surface area contributed by atoms with Gasteiger partial charge in [0.1, 0.15) is 0 Å². The summed E-state index contributed by atoms with van der Waals surface area (Å²) in [5.41, 5.74) is 1.61. The third-order valence-electron chi connectivity index (χ3n) is 6.93. The largest absolute Gasteiger partial charge is 0.392 e. The lowest BCUT2D eigenvalue weighted by molar-refractivity contribution is 0.139. The van der Waals surface area contributed by atoms with Gasteiger partial charge in [0.2, 0.25) is 0 Å². The highest BCUT2D eigenvalue weighted by Crippen LogP contribution is 2.48. The molecule has 4 heteroatoms. The normalized spacial score (nSPS) is 31.6. The molecule has 0 aromatic rings. The molecule has 0 spiro atoms. The summed E-state index contributed by atoms with van der Waals surface area (Å²) in [6.45, 7) is 6.06. The Bertz CT molecular complexity index is 515. The predicted octanol–water partition coefficient (Wildman–Crippen LogP) is 4.65. The van der Waals surface area contributed by atoms with Gasteiger partial charge in [0.05, 0.1) is 12.2 Å². The van der Waals surface area contributed by atoms with Crippen LogP contribution in [0.15, 0.2) is 23.8 Å². The number of hydrogen-bond donors (Lipinski definition) is 2. The van der Waals surface area contributed by atoms with E-state index < -0.39 is 0 Å². The maximum Gasteiger partial charge on any atom is 0.0721 e. The quantitative estimate of drug-likeness (QED) is 0.365. The Morgan fingerprint density at radius 3 is 2.86 bits per heavy atom. The minimum Gasteiger partial charge on any atom is -0.392 e. The maximum absolute atomic E-state index is 10.5. The highest BCUT2D eigenvalue weighted by atomic mass is 32.2. The molecule has 2 aliphatic carbocycles. The number of rotatable bonds is 12. The average Bonchev–Trinajstić information content (AvgIpc) is 3.37. The summed E-state index contributed by atoms with van der Waals surface area (Å²) in [5, 5.41) is 20.7. The summed E-state index contributed by atoms with van der Waals surface area (Å²) >= 11 is 2.10. The van der Waals surface area contributed by atoms with Crippen LogP contribution in [0.2, 0.25) is 0 Å². The van der Waals surface area contributed by atoms with Crippen molar-refractivity contribution in [3.05, 3.63) is 23.8 Å². The van der Waals surface area contributed by atoms with Gasteiger partial charge in [0, 0.05) is 18.2 Å². The van der Waals surface area contributed by atoms with Crippen LogP contribution in [0, 0.1) is 17.8 Å². The smallest absolute Gasteiger partial charge is 0.0721 e. The Hall–Kier alpha value is -0.290. The van der Waals surface area contributed by atoms with E-state index in [4.69, 9.17) is 0 Å². The van der Waals surface area contributed by atoms with Crippen LogP contribution in [-0.4, -0.2) is 58.5 Å². The molecule has 0 radical (unpaired) electrons. The lowest BCUT2D eigenvalue weighted by Crippen LogP contribution is -2.22. The van der Waals surface area contributed by atoms with Crippen molar-refractivity contribution in [2.24, 2.45) is 17.8 Å². The first-order valence-corrected chi connectivity index (χ1v) is 12.9. The van der Waals surface area contributed by atoms with Gasteiger partial charge in [-0.1, -0.05) is 50.0 Å². The molecule has 0 amide bonds. The Labute approximate surface area is 176 Å². The van der Waals surface area contributed by atoms with Crippen LogP contribution < -0.4 is 0 Å². The first kappa shape index (κ1) is 22.4. The number of thioether (sulfide) groups is 1. The number of likely N-dealkylation sites (tertiary alicyclic amines) is 1. The number of unbranched alkanes of at least 4 members (excludes halogenated alkanes) is 2. The molecule has 0 bridgehead atoms. The average molecular weight is 408 g/mol. The van der Waals surface area contributed by atoms with Crippen molar-refractivity contribution in [3.8, 4) is 0 Å². The predicted molar refractivity (Wildman–Crippen MR) is 121 cm³/mol. The van der Waals surface area contributed by atoms with Gasteiger partial charge in [0.25, 0.3) is 0 Å². The van der Waals surface area contributed by atoms with Gasteiger partial charge in [-0.15, -0.1) is 0 Å². The summed E-state index contributed by atoms with van der Waals surface area (Å²) in [4.78, 5) is 2.60. The van der Waals surface area contributed by atoms with Crippen LogP contribution in [0.1, 0.15) is 64.7 Å². The zero-order valence-corrected chi connectivity index (χ0v) is 18.6. The first-order valence-electron chi connectivity index (χ1n) is 11.7. The van der Waals surface area contributed by atoms with Crippen LogP contribution in [0.25, 0.3) is 0 Å². The second-order valence-electron chi connectivity index (χ2n) is 9.10. The lowest BCUT2D eigenvalue weighted by atomic mass is 9.88. The lowest BCUT2D eigenvalue weighted by Gasteiger charge is -2.19. The molecule has 28 heavy (non-hydrogen) atoms. The highest BCUT2D eigenvalue weighted by molar-refractivity contribution is 7.99. The van der Waals surface area contributed by atoms with Crippen LogP contribution in [0.5, 0.6) is 0 Å². The molecule has 1 saturated heterocycles. The molecule has 3 nitrogen and oxygen atoms in total. The van der Waals surface area contributed by atoms with E-state index in [0.717, 1.165) is 25.7 Å². The summed E-state index contributed by atoms with van der Waals surface area (Å²) in [5.74, 6) is 3.82.